The molecule has 1 heterocycles. The van der Waals surface area contributed by atoms with Crippen LogP contribution in [0.1, 0.15) is 51.3 Å². The van der Waals surface area contributed by atoms with Gasteiger partial charge in [-0.15, -0.1) is 11.3 Å². The maximum Gasteiger partial charge on any atom is 0.0116 e. The standard InChI is InChI=1S/C16H27NS/c1-16(2,3)13-8-6-12(7-9-13)15(17)11-14-5-4-10-18-14/h4-5,10,12-13,15H,6-9,11,17H2,1-3H3. The van der Waals surface area contributed by atoms with E-state index in [-0.39, 0.29) is 0 Å². The van der Waals surface area contributed by atoms with Gasteiger partial charge in [-0.2, -0.15) is 0 Å². The molecule has 0 radical (unpaired) electrons. The molecule has 1 fully saturated rings. The predicted molar refractivity (Wildman–Crippen MR) is 80.9 cm³/mol. The zero-order chi connectivity index (χ0) is 13.2. The lowest BCUT2D eigenvalue weighted by Gasteiger charge is -2.38. The fourth-order valence-corrected chi connectivity index (χ4v) is 4.02. The Bertz CT molecular complexity index is 342. The molecule has 1 aromatic heterocycles. The van der Waals surface area contributed by atoms with Crippen molar-refractivity contribution >= 4 is 11.3 Å². The molecule has 0 aromatic carbocycles. The van der Waals surface area contributed by atoms with E-state index >= 15 is 0 Å². The number of rotatable bonds is 3. The van der Waals surface area contributed by atoms with E-state index in [1.807, 2.05) is 11.3 Å². The molecule has 1 saturated carbocycles. The fourth-order valence-electron chi connectivity index (χ4n) is 3.24. The third-order valence-electron chi connectivity index (χ3n) is 4.62. The highest BCUT2D eigenvalue weighted by molar-refractivity contribution is 7.09. The normalized spacial score (nSPS) is 27.1. The molecule has 1 aliphatic rings. The molecular weight excluding hydrogens is 238 g/mol. The first-order chi connectivity index (χ1) is 8.47. The molecule has 1 atom stereocenters. The van der Waals surface area contributed by atoms with Crippen LogP contribution in [0.5, 0.6) is 0 Å². The molecule has 102 valence electrons. The maximum atomic E-state index is 6.40. The zero-order valence-electron chi connectivity index (χ0n) is 12.0. The summed E-state index contributed by atoms with van der Waals surface area (Å²) < 4.78 is 0. The second-order valence-corrected chi connectivity index (χ2v) is 7.96. The van der Waals surface area contributed by atoms with Gasteiger partial charge in [0.2, 0.25) is 0 Å². The first-order valence-corrected chi connectivity index (χ1v) is 8.12. The van der Waals surface area contributed by atoms with Gasteiger partial charge in [0, 0.05) is 10.9 Å². The molecule has 2 N–H and O–H groups in total. The van der Waals surface area contributed by atoms with Gasteiger partial charge in [0.15, 0.2) is 0 Å². The van der Waals surface area contributed by atoms with Gasteiger partial charge in [-0.25, -0.2) is 0 Å². The van der Waals surface area contributed by atoms with Gasteiger partial charge >= 0.3 is 0 Å². The summed E-state index contributed by atoms with van der Waals surface area (Å²) in [6, 6.07) is 4.71. The summed E-state index contributed by atoms with van der Waals surface area (Å²) in [5, 5.41) is 2.15. The second-order valence-electron chi connectivity index (χ2n) is 6.93. The van der Waals surface area contributed by atoms with Crippen molar-refractivity contribution in [3.63, 3.8) is 0 Å². The summed E-state index contributed by atoms with van der Waals surface area (Å²) in [7, 11) is 0. The van der Waals surface area contributed by atoms with Gasteiger partial charge < -0.3 is 5.73 Å². The van der Waals surface area contributed by atoms with E-state index in [0.717, 1.165) is 18.3 Å². The summed E-state index contributed by atoms with van der Waals surface area (Å²) in [5.41, 5.74) is 6.88. The Morgan fingerprint density at radius 1 is 1.28 bits per heavy atom. The maximum absolute atomic E-state index is 6.40. The van der Waals surface area contributed by atoms with Crippen LogP contribution in [0.4, 0.5) is 0 Å². The van der Waals surface area contributed by atoms with E-state index in [0.29, 0.717) is 11.5 Å². The van der Waals surface area contributed by atoms with Gasteiger partial charge in [0.05, 0.1) is 0 Å². The highest BCUT2D eigenvalue weighted by atomic mass is 32.1. The van der Waals surface area contributed by atoms with Crippen LogP contribution >= 0.6 is 11.3 Å². The Labute approximate surface area is 116 Å². The third-order valence-corrected chi connectivity index (χ3v) is 5.52. The van der Waals surface area contributed by atoms with Crippen molar-refractivity contribution in [3.05, 3.63) is 22.4 Å². The molecule has 1 aromatic rings. The van der Waals surface area contributed by atoms with Crippen molar-refractivity contribution in [2.24, 2.45) is 23.0 Å². The van der Waals surface area contributed by atoms with Crippen molar-refractivity contribution in [3.8, 4) is 0 Å². The van der Waals surface area contributed by atoms with Crippen LogP contribution in [0.15, 0.2) is 17.5 Å². The highest BCUT2D eigenvalue weighted by Gasteiger charge is 2.31. The van der Waals surface area contributed by atoms with Crippen LogP contribution in [0, 0.1) is 17.3 Å². The molecular formula is C16H27NS. The van der Waals surface area contributed by atoms with Crippen molar-refractivity contribution in [1.82, 2.24) is 0 Å². The first-order valence-electron chi connectivity index (χ1n) is 7.25. The summed E-state index contributed by atoms with van der Waals surface area (Å²) in [4.78, 5) is 1.44. The molecule has 0 bridgehead atoms. The van der Waals surface area contributed by atoms with E-state index in [4.69, 9.17) is 5.73 Å². The lowest BCUT2D eigenvalue weighted by atomic mass is 9.68. The second kappa shape index (κ2) is 5.75. The Hall–Kier alpha value is -0.340. The lowest BCUT2D eigenvalue weighted by molar-refractivity contribution is 0.139. The zero-order valence-corrected chi connectivity index (χ0v) is 12.8. The van der Waals surface area contributed by atoms with Crippen molar-refractivity contribution in [2.75, 3.05) is 0 Å². The average molecular weight is 265 g/mol. The first kappa shape index (κ1) is 14.1. The number of hydrogen-bond acceptors (Lipinski definition) is 2. The van der Waals surface area contributed by atoms with Gasteiger partial charge in [0.1, 0.15) is 0 Å². The number of thiophene rings is 1. The Morgan fingerprint density at radius 3 is 2.44 bits per heavy atom. The fraction of sp³-hybridized carbons (Fsp3) is 0.750. The van der Waals surface area contributed by atoms with Gasteiger partial charge in [-0.1, -0.05) is 26.8 Å². The Morgan fingerprint density at radius 2 is 1.94 bits per heavy atom. The minimum atomic E-state index is 0.365. The van der Waals surface area contributed by atoms with Crippen molar-refractivity contribution in [1.29, 1.82) is 0 Å². The third kappa shape index (κ3) is 3.58. The summed E-state index contributed by atoms with van der Waals surface area (Å²) in [6.45, 7) is 7.14. The van der Waals surface area contributed by atoms with E-state index < -0.39 is 0 Å². The summed E-state index contributed by atoms with van der Waals surface area (Å²) in [6.07, 6.45) is 6.46. The van der Waals surface area contributed by atoms with Crippen LogP contribution in [0.3, 0.4) is 0 Å². The minimum absolute atomic E-state index is 0.365. The molecule has 0 spiro atoms. The summed E-state index contributed by atoms with van der Waals surface area (Å²) in [5.74, 6) is 1.63. The van der Waals surface area contributed by atoms with E-state index in [9.17, 15) is 0 Å². The van der Waals surface area contributed by atoms with Crippen molar-refractivity contribution < 1.29 is 0 Å². The van der Waals surface area contributed by atoms with Gasteiger partial charge in [-0.3, -0.25) is 0 Å². The Balaban J connectivity index is 1.82. The Kier molecular flexibility index (Phi) is 4.50. The largest absolute Gasteiger partial charge is 0.327 e. The molecule has 2 rings (SSSR count). The molecule has 1 aliphatic carbocycles. The SMILES string of the molecule is CC(C)(C)C1CCC(C(N)Cc2cccs2)CC1. The van der Waals surface area contributed by atoms with Crippen LogP contribution < -0.4 is 5.73 Å². The molecule has 0 saturated heterocycles. The molecule has 0 amide bonds. The average Bonchev–Trinajstić information content (AvgIpc) is 2.81. The van der Waals surface area contributed by atoms with Gasteiger partial charge in [0.25, 0.3) is 0 Å². The highest BCUT2D eigenvalue weighted by Crippen LogP contribution is 2.40. The monoisotopic (exact) mass is 265 g/mol. The summed E-state index contributed by atoms with van der Waals surface area (Å²) >= 11 is 1.84. The van der Waals surface area contributed by atoms with Crippen LogP contribution in [-0.4, -0.2) is 6.04 Å². The topological polar surface area (TPSA) is 26.0 Å². The minimum Gasteiger partial charge on any atom is -0.327 e. The predicted octanol–water partition coefficient (Wildman–Crippen LogP) is 4.47. The van der Waals surface area contributed by atoms with E-state index in [2.05, 4.69) is 38.3 Å². The van der Waals surface area contributed by atoms with Crippen LogP contribution in [0.2, 0.25) is 0 Å². The molecule has 0 aliphatic heterocycles. The smallest absolute Gasteiger partial charge is 0.0116 e. The molecule has 18 heavy (non-hydrogen) atoms. The molecule has 1 nitrogen and oxygen atoms in total. The lowest BCUT2D eigenvalue weighted by Crippen LogP contribution is -2.36. The van der Waals surface area contributed by atoms with Crippen LogP contribution in [-0.2, 0) is 6.42 Å². The van der Waals surface area contributed by atoms with E-state index in [1.54, 1.807) is 0 Å². The number of nitrogens with two attached hydrogens (primary N) is 1. The molecule has 1 unspecified atom stereocenters. The number of hydrogen-bond donors (Lipinski definition) is 1. The van der Waals surface area contributed by atoms with Crippen molar-refractivity contribution in [2.45, 2.75) is 58.9 Å². The van der Waals surface area contributed by atoms with E-state index in [1.165, 1.54) is 30.6 Å². The van der Waals surface area contributed by atoms with Gasteiger partial charge in [-0.05, 0) is 60.8 Å². The quantitative estimate of drug-likeness (QED) is 0.857. The molecule has 2 heteroatoms. The van der Waals surface area contributed by atoms with Crippen LogP contribution in [0.25, 0.3) is 0 Å².